The third-order valence-electron chi connectivity index (χ3n) is 4.09. The molecule has 1 aromatic carbocycles. The second-order valence-corrected chi connectivity index (χ2v) is 5.33. The number of nitrogens with zero attached hydrogens (tertiary/aromatic N) is 1. The van der Waals surface area contributed by atoms with Crippen LogP contribution in [0.15, 0.2) is 18.2 Å². The molecule has 1 N–H and O–H groups in total. The summed E-state index contributed by atoms with van der Waals surface area (Å²) in [5.74, 6) is -0.529. The highest BCUT2D eigenvalue weighted by Gasteiger charge is 2.54. The Morgan fingerprint density at radius 2 is 2.11 bits per heavy atom. The van der Waals surface area contributed by atoms with Crippen molar-refractivity contribution in [2.75, 3.05) is 0 Å². The zero-order valence-electron chi connectivity index (χ0n) is 10.7. The zero-order chi connectivity index (χ0) is 13.6. The topological polar surface area (TPSA) is 49.4 Å². The molecular formula is C14H15FN2O2. The second kappa shape index (κ2) is 4.05. The van der Waals surface area contributed by atoms with E-state index in [0.717, 1.165) is 12.0 Å². The molecule has 0 atom stereocenters. The van der Waals surface area contributed by atoms with Gasteiger partial charge in [0.2, 0.25) is 0 Å². The molecule has 3 rings (SSSR count). The van der Waals surface area contributed by atoms with Gasteiger partial charge in [0.25, 0.3) is 5.91 Å². The number of hydrogen-bond acceptors (Lipinski definition) is 2. The van der Waals surface area contributed by atoms with Crippen LogP contribution >= 0.6 is 0 Å². The summed E-state index contributed by atoms with van der Waals surface area (Å²) in [7, 11) is 0. The maximum absolute atomic E-state index is 13.2. The summed E-state index contributed by atoms with van der Waals surface area (Å²) in [6.07, 6.45) is 2.37. The van der Waals surface area contributed by atoms with E-state index in [4.69, 9.17) is 0 Å². The lowest BCUT2D eigenvalue weighted by molar-refractivity contribution is -0.134. The lowest BCUT2D eigenvalue weighted by atomic mass is 9.77. The summed E-state index contributed by atoms with van der Waals surface area (Å²) < 4.78 is 13.2. The summed E-state index contributed by atoms with van der Waals surface area (Å²) in [4.78, 5) is 25.4. The Labute approximate surface area is 110 Å². The van der Waals surface area contributed by atoms with Crippen molar-refractivity contribution < 1.29 is 14.0 Å². The maximum Gasteiger partial charge on any atom is 0.325 e. The Bertz CT molecular complexity index is 567. The van der Waals surface area contributed by atoms with Gasteiger partial charge in [0.05, 0.1) is 6.54 Å². The van der Waals surface area contributed by atoms with Gasteiger partial charge in [-0.3, -0.25) is 9.69 Å². The van der Waals surface area contributed by atoms with Crippen LogP contribution < -0.4 is 5.32 Å². The van der Waals surface area contributed by atoms with Crippen LogP contribution in [0.3, 0.4) is 0 Å². The fraction of sp³-hybridized carbons (Fsp3) is 0.429. The fourth-order valence-corrected chi connectivity index (χ4v) is 2.67. The average molecular weight is 262 g/mol. The van der Waals surface area contributed by atoms with Crippen LogP contribution in [-0.2, 0) is 11.3 Å². The van der Waals surface area contributed by atoms with E-state index in [1.54, 1.807) is 6.07 Å². The van der Waals surface area contributed by atoms with Crippen molar-refractivity contribution >= 4 is 11.9 Å². The summed E-state index contributed by atoms with van der Waals surface area (Å²) in [5.41, 5.74) is 0.870. The monoisotopic (exact) mass is 262 g/mol. The van der Waals surface area contributed by atoms with Crippen LogP contribution in [0.1, 0.15) is 30.4 Å². The fourth-order valence-electron chi connectivity index (χ4n) is 2.67. The first-order valence-corrected chi connectivity index (χ1v) is 6.41. The van der Waals surface area contributed by atoms with E-state index >= 15 is 0 Å². The molecule has 0 aromatic heterocycles. The van der Waals surface area contributed by atoms with Crippen molar-refractivity contribution in [1.82, 2.24) is 10.2 Å². The number of hydrogen-bond donors (Lipinski definition) is 1. The first kappa shape index (κ1) is 12.1. The van der Waals surface area contributed by atoms with Crippen molar-refractivity contribution in [3.63, 3.8) is 0 Å². The SMILES string of the molecule is Cc1ccc(F)cc1CN1C(=O)NC2(CCC2)C1=O. The van der Waals surface area contributed by atoms with Crippen LogP contribution in [0, 0.1) is 12.7 Å². The Morgan fingerprint density at radius 1 is 1.37 bits per heavy atom. The van der Waals surface area contributed by atoms with Crippen molar-refractivity contribution in [2.45, 2.75) is 38.3 Å². The molecule has 2 aliphatic rings. The van der Waals surface area contributed by atoms with E-state index in [1.165, 1.54) is 17.0 Å². The van der Waals surface area contributed by atoms with Crippen LogP contribution in [0.2, 0.25) is 0 Å². The van der Waals surface area contributed by atoms with Gasteiger partial charge in [-0.2, -0.15) is 0 Å². The van der Waals surface area contributed by atoms with Crippen LogP contribution in [0.5, 0.6) is 0 Å². The number of benzene rings is 1. The lowest BCUT2D eigenvalue weighted by Crippen LogP contribution is -2.52. The number of aryl methyl sites for hydroxylation is 1. The van der Waals surface area contributed by atoms with E-state index in [0.29, 0.717) is 18.4 Å². The van der Waals surface area contributed by atoms with Crippen LogP contribution in [-0.4, -0.2) is 22.4 Å². The highest BCUT2D eigenvalue weighted by molar-refractivity contribution is 6.07. The van der Waals surface area contributed by atoms with Gasteiger partial charge in [-0.25, -0.2) is 9.18 Å². The molecule has 1 spiro atoms. The molecule has 1 aliphatic carbocycles. The quantitative estimate of drug-likeness (QED) is 0.830. The van der Waals surface area contributed by atoms with E-state index in [2.05, 4.69) is 5.32 Å². The molecule has 0 unspecified atom stereocenters. The molecule has 1 heterocycles. The first-order chi connectivity index (χ1) is 9.02. The van der Waals surface area contributed by atoms with Crippen molar-refractivity contribution in [1.29, 1.82) is 0 Å². The largest absolute Gasteiger partial charge is 0.325 e. The highest BCUT2D eigenvalue weighted by atomic mass is 19.1. The standard InChI is InChI=1S/C14H15FN2O2/c1-9-3-4-11(15)7-10(9)8-17-12(18)14(5-2-6-14)16-13(17)19/h3-4,7H,2,5-6,8H2,1H3,(H,16,19). The van der Waals surface area contributed by atoms with E-state index in [9.17, 15) is 14.0 Å². The number of rotatable bonds is 2. The van der Waals surface area contributed by atoms with Gasteiger partial charge in [0.1, 0.15) is 11.4 Å². The number of imide groups is 1. The minimum Gasteiger partial charge on any atom is -0.323 e. The summed E-state index contributed by atoms with van der Waals surface area (Å²) >= 11 is 0. The van der Waals surface area contributed by atoms with Gasteiger partial charge in [0.15, 0.2) is 0 Å². The molecule has 0 radical (unpaired) electrons. The number of carbonyl (C=O) groups excluding carboxylic acids is 2. The number of carbonyl (C=O) groups is 2. The van der Waals surface area contributed by atoms with Crippen LogP contribution in [0.25, 0.3) is 0 Å². The van der Waals surface area contributed by atoms with Crippen LogP contribution in [0.4, 0.5) is 9.18 Å². The Hall–Kier alpha value is -1.91. The highest BCUT2D eigenvalue weighted by Crippen LogP contribution is 2.37. The number of amides is 3. The smallest absolute Gasteiger partial charge is 0.323 e. The Morgan fingerprint density at radius 3 is 2.68 bits per heavy atom. The third-order valence-corrected chi connectivity index (χ3v) is 4.09. The predicted octanol–water partition coefficient (Wildman–Crippen LogP) is 2.11. The molecule has 1 saturated carbocycles. The number of urea groups is 1. The molecule has 19 heavy (non-hydrogen) atoms. The van der Waals surface area contributed by atoms with Gasteiger partial charge in [0, 0.05) is 0 Å². The molecule has 4 nitrogen and oxygen atoms in total. The average Bonchev–Trinajstić information content (AvgIpc) is 2.58. The van der Waals surface area contributed by atoms with E-state index in [-0.39, 0.29) is 24.3 Å². The molecule has 1 aliphatic heterocycles. The number of nitrogens with one attached hydrogen (secondary N) is 1. The number of halogens is 1. The molecule has 0 bridgehead atoms. The summed E-state index contributed by atoms with van der Waals surface area (Å²) in [6.45, 7) is 1.97. The Kier molecular flexibility index (Phi) is 2.59. The molecular weight excluding hydrogens is 247 g/mol. The van der Waals surface area contributed by atoms with Gasteiger partial charge in [-0.15, -0.1) is 0 Å². The van der Waals surface area contributed by atoms with Crippen molar-refractivity contribution in [2.24, 2.45) is 0 Å². The first-order valence-electron chi connectivity index (χ1n) is 6.41. The third kappa shape index (κ3) is 1.80. The van der Waals surface area contributed by atoms with Crippen molar-refractivity contribution in [3.05, 3.63) is 35.1 Å². The molecule has 1 aromatic rings. The minimum absolute atomic E-state index is 0.135. The minimum atomic E-state index is -0.668. The van der Waals surface area contributed by atoms with Gasteiger partial charge in [-0.1, -0.05) is 6.07 Å². The van der Waals surface area contributed by atoms with Crippen molar-refractivity contribution in [3.8, 4) is 0 Å². The second-order valence-electron chi connectivity index (χ2n) is 5.33. The maximum atomic E-state index is 13.2. The van der Waals surface area contributed by atoms with E-state index in [1.807, 2.05) is 6.92 Å². The van der Waals surface area contributed by atoms with E-state index < -0.39 is 5.54 Å². The lowest BCUT2D eigenvalue weighted by Gasteiger charge is -2.34. The van der Waals surface area contributed by atoms with Gasteiger partial charge in [-0.05, 0) is 49.4 Å². The zero-order valence-corrected chi connectivity index (χ0v) is 10.7. The van der Waals surface area contributed by atoms with Gasteiger partial charge >= 0.3 is 6.03 Å². The Balaban J connectivity index is 1.85. The predicted molar refractivity (Wildman–Crippen MR) is 66.8 cm³/mol. The molecule has 2 fully saturated rings. The van der Waals surface area contributed by atoms with Gasteiger partial charge < -0.3 is 5.32 Å². The summed E-state index contributed by atoms with van der Waals surface area (Å²) in [6, 6.07) is 4.04. The summed E-state index contributed by atoms with van der Waals surface area (Å²) in [5, 5.41) is 2.76. The molecule has 3 amide bonds. The molecule has 100 valence electrons. The molecule has 5 heteroatoms. The molecule has 1 saturated heterocycles. The normalized spacial score (nSPS) is 20.6.